The number of carbonyl (C=O) groups excluding carboxylic acids is 1. The Bertz CT molecular complexity index is 467. The van der Waals surface area contributed by atoms with Crippen LogP contribution in [0.1, 0.15) is 12.0 Å². The molecule has 1 fully saturated rings. The molecule has 1 saturated heterocycles. The first-order chi connectivity index (χ1) is 9.63. The highest BCUT2D eigenvalue weighted by Gasteiger charge is 2.34. The lowest BCUT2D eigenvalue weighted by Gasteiger charge is -2.18. The van der Waals surface area contributed by atoms with Crippen LogP contribution in [0, 0.1) is 0 Å². The topological polar surface area (TPSA) is 63.7 Å². The van der Waals surface area contributed by atoms with Crippen LogP contribution in [-0.4, -0.2) is 55.7 Å². The van der Waals surface area contributed by atoms with Crippen molar-refractivity contribution in [1.82, 2.24) is 15.2 Å². The standard InChI is InChI=1S/C14H21N3O3/c1-17-9-11(19-2)7-12(17)14(18)16-8-10-4-5-15-13(6-10)20-3/h4-6,11-12H,7-9H2,1-3H3,(H,16,18)/t11-,12-/m0/s1. The van der Waals surface area contributed by atoms with Gasteiger partial charge in [-0.15, -0.1) is 0 Å². The largest absolute Gasteiger partial charge is 0.481 e. The SMILES string of the molecule is COc1cc(CNC(=O)[C@@H]2C[C@H](OC)CN2C)ccn1. The Morgan fingerprint density at radius 2 is 2.35 bits per heavy atom. The maximum Gasteiger partial charge on any atom is 0.237 e. The van der Waals surface area contributed by atoms with Crippen molar-refractivity contribution < 1.29 is 14.3 Å². The van der Waals surface area contributed by atoms with Gasteiger partial charge in [-0.05, 0) is 25.1 Å². The van der Waals surface area contributed by atoms with Gasteiger partial charge in [-0.3, -0.25) is 9.69 Å². The number of pyridine rings is 1. The lowest BCUT2D eigenvalue weighted by molar-refractivity contribution is -0.125. The molecule has 2 atom stereocenters. The van der Waals surface area contributed by atoms with Gasteiger partial charge in [0.1, 0.15) is 0 Å². The molecular formula is C14H21N3O3. The van der Waals surface area contributed by atoms with Gasteiger partial charge >= 0.3 is 0 Å². The third kappa shape index (κ3) is 3.46. The fraction of sp³-hybridized carbons (Fsp3) is 0.571. The third-order valence-electron chi connectivity index (χ3n) is 3.62. The van der Waals surface area contributed by atoms with Crippen LogP contribution in [0.2, 0.25) is 0 Å². The average molecular weight is 279 g/mol. The lowest BCUT2D eigenvalue weighted by atomic mass is 10.2. The van der Waals surface area contributed by atoms with Crippen molar-refractivity contribution in [3.63, 3.8) is 0 Å². The second-order valence-electron chi connectivity index (χ2n) is 4.97. The second kappa shape index (κ2) is 6.67. The highest BCUT2D eigenvalue weighted by atomic mass is 16.5. The Labute approximate surface area is 119 Å². The Hall–Kier alpha value is -1.66. The molecule has 1 aliphatic heterocycles. The number of hydrogen-bond donors (Lipinski definition) is 1. The van der Waals surface area contributed by atoms with Crippen molar-refractivity contribution in [2.75, 3.05) is 27.8 Å². The Morgan fingerprint density at radius 3 is 3.00 bits per heavy atom. The first-order valence-electron chi connectivity index (χ1n) is 6.63. The number of likely N-dealkylation sites (N-methyl/N-ethyl adjacent to an activating group) is 1. The summed E-state index contributed by atoms with van der Waals surface area (Å²) in [5.74, 6) is 0.581. The third-order valence-corrected chi connectivity index (χ3v) is 3.62. The van der Waals surface area contributed by atoms with Crippen LogP contribution in [0.3, 0.4) is 0 Å². The summed E-state index contributed by atoms with van der Waals surface area (Å²) in [7, 11) is 5.20. The van der Waals surface area contributed by atoms with Gasteiger partial charge in [0.05, 0.1) is 19.3 Å². The minimum absolute atomic E-state index is 0.0304. The van der Waals surface area contributed by atoms with Gasteiger partial charge < -0.3 is 14.8 Å². The minimum Gasteiger partial charge on any atom is -0.481 e. The maximum absolute atomic E-state index is 12.2. The molecule has 1 amide bonds. The number of methoxy groups -OCH3 is 2. The fourth-order valence-electron chi connectivity index (χ4n) is 2.41. The Morgan fingerprint density at radius 1 is 1.55 bits per heavy atom. The van der Waals surface area contributed by atoms with E-state index in [-0.39, 0.29) is 18.1 Å². The molecule has 0 spiro atoms. The van der Waals surface area contributed by atoms with E-state index in [1.807, 2.05) is 24.1 Å². The highest BCUT2D eigenvalue weighted by Crippen LogP contribution is 2.18. The van der Waals surface area contributed by atoms with Crippen LogP contribution in [-0.2, 0) is 16.1 Å². The molecule has 1 aliphatic rings. The number of carbonyl (C=O) groups is 1. The van der Waals surface area contributed by atoms with Crippen molar-refractivity contribution in [1.29, 1.82) is 0 Å². The number of aromatic nitrogens is 1. The van der Waals surface area contributed by atoms with E-state index in [2.05, 4.69) is 10.3 Å². The van der Waals surface area contributed by atoms with Crippen molar-refractivity contribution in [3.05, 3.63) is 23.9 Å². The quantitative estimate of drug-likeness (QED) is 0.846. The summed E-state index contributed by atoms with van der Waals surface area (Å²) in [6.45, 7) is 1.26. The van der Waals surface area contributed by atoms with E-state index in [1.54, 1.807) is 20.4 Å². The minimum atomic E-state index is -0.122. The molecule has 0 saturated carbocycles. The van der Waals surface area contributed by atoms with E-state index >= 15 is 0 Å². The molecular weight excluding hydrogens is 258 g/mol. The molecule has 1 N–H and O–H groups in total. The molecule has 0 aromatic carbocycles. The predicted octanol–water partition coefficient (Wildman–Crippen LogP) is 0.425. The molecule has 0 unspecified atom stereocenters. The van der Waals surface area contributed by atoms with E-state index < -0.39 is 0 Å². The molecule has 110 valence electrons. The molecule has 6 heteroatoms. The van der Waals surface area contributed by atoms with Gasteiger partial charge in [0.25, 0.3) is 0 Å². The number of amides is 1. The summed E-state index contributed by atoms with van der Waals surface area (Å²) >= 11 is 0. The van der Waals surface area contributed by atoms with E-state index in [0.717, 1.165) is 18.5 Å². The average Bonchev–Trinajstić information content (AvgIpc) is 2.86. The zero-order chi connectivity index (χ0) is 14.5. The van der Waals surface area contributed by atoms with Gasteiger partial charge in [0, 0.05) is 32.5 Å². The summed E-state index contributed by atoms with van der Waals surface area (Å²) < 4.78 is 10.4. The van der Waals surface area contributed by atoms with Gasteiger partial charge in [-0.1, -0.05) is 0 Å². The molecule has 0 radical (unpaired) electrons. The summed E-state index contributed by atoms with van der Waals surface area (Å²) in [6.07, 6.45) is 2.54. The van der Waals surface area contributed by atoms with Crippen LogP contribution in [0.15, 0.2) is 18.3 Å². The van der Waals surface area contributed by atoms with Crippen molar-refractivity contribution in [2.45, 2.75) is 25.1 Å². The first kappa shape index (κ1) is 14.7. The number of nitrogens with one attached hydrogen (secondary N) is 1. The normalized spacial score (nSPS) is 22.8. The van der Waals surface area contributed by atoms with E-state index in [4.69, 9.17) is 9.47 Å². The molecule has 0 aliphatic carbocycles. The van der Waals surface area contributed by atoms with E-state index in [1.165, 1.54) is 0 Å². The fourth-order valence-corrected chi connectivity index (χ4v) is 2.41. The van der Waals surface area contributed by atoms with Crippen molar-refractivity contribution in [2.24, 2.45) is 0 Å². The molecule has 2 rings (SSSR count). The Kier molecular flexibility index (Phi) is 4.92. The summed E-state index contributed by atoms with van der Waals surface area (Å²) in [5.41, 5.74) is 0.967. The monoisotopic (exact) mass is 279 g/mol. The summed E-state index contributed by atoms with van der Waals surface area (Å²) in [4.78, 5) is 18.3. The van der Waals surface area contributed by atoms with Crippen LogP contribution in [0.4, 0.5) is 0 Å². The molecule has 2 heterocycles. The first-order valence-corrected chi connectivity index (χ1v) is 6.63. The number of hydrogen-bond acceptors (Lipinski definition) is 5. The van der Waals surface area contributed by atoms with Gasteiger partial charge in [0.15, 0.2) is 0 Å². The van der Waals surface area contributed by atoms with E-state index in [0.29, 0.717) is 12.4 Å². The Balaban J connectivity index is 1.88. The van der Waals surface area contributed by atoms with Crippen LogP contribution >= 0.6 is 0 Å². The molecule has 20 heavy (non-hydrogen) atoms. The van der Waals surface area contributed by atoms with Crippen molar-refractivity contribution in [3.8, 4) is 5.88 Å². The van der Waals surface area contributed by atoms with Gasteiger partial charge in [0.2, 0.25) is 11.8 Å². The van der Waals surface area contributed by atoms with Gasteiger partial charge in [-0.25, -0.2) is 4.98 Å². The highest BCUT2D eigenvalue weighted by molar-refractivity contribution is 5.82. The van der Waals surface area contributed by atoms with Crippen LogP contribution < -0.4 is 10.1 Å². The number of likely N-dealkylation sites (tertiary alicyclic amines) is 1. The van der Waals surface area contributed by atoms with Gasteiger partial charge in [-0.2, -0.15) is 0 Å². The summed E-state index contributed by atoms with van der Waals surface area (Å²) in [6, 6.07) is 3.55. The maximum atomic E-state index is 12.2. The molecule has 0 bridgehead atoms. The lowest BCUT2D eigenvalue weighted by Crippen LogP contribution is -2.41. The number of rotatable bonds is 5. The zero-order valence-electron chi connectivity index (χ0n) is 12.1. The second-order valence-corrected chi connectivity index (χ2v) is 4.97. The van der Waals surface area contributed by atoms with Crippen molar-refractivity contribution >= 4 is 5.91 Å². The molecule has 6 nitrogen and oxygen atoms in total. The van der Waals surface area contributed by atoms with Crippen LogP contribution in [0.25, 0.3) is 0 Å². The number of nitrogens with zero attached hydrogens (tertiary/aromatic N) is 2. The zero-order valence-corrected chi connectivity index (χ0v) is 12.1. The smallest absolute Gasteiger partial charge is 0.237 e. The van der Waals surface area contributed by atoms with Crippen LogP contribution in [0.5, 0.6) is 5.88 Å². The molecule has 1 aromatic heterocycles. The van der Waals surface area contributed by atoms with E-state index in [9.17, 15) is 4.79 Å². The predicted molar refractivity (Wildman–Crippen MR) is 74.5 cm³/mol. The summed E-state index contributed by atoms with van der Waals surface area (Å²) in [5, 5.41) is 2.95. The molecule has 1 aromatic rings. The number of ether oxygens (including phenoxy) is 2.